The number of amides is 1. The smallest absolute Gasteiger partial charge is 0.251 e. The standard InChI is InChI=1S/C17H18IN3O2/c18-15-5-3-13(4-6-15)17(22)20-12-14-2-1-7-19-16(14)21-8-10-23-11-9-21/h1-7H,8-12H2,(H,20,22). The van der Waals surface area contributed by atoms with Crippen LogP contribution in [0.1, 0.15) is 15.9 Å². The zero-order chi connectivity index (χ0) is 16.1. The van der Waals surface area contributed by atoms with Gasteiger partial charge in [0.2, 0.25) is 0 Å². The zero-order valence-corrected chi connectivity index (χ0v) is 14.8. The van der Waals surface area contributed by atoms with Crippen molar-refractivity contribution in [2.75, 3.05) is 31.2 Å². The third kappa shape index (κ3) is 4.20. The number of nitrogens with one attached hydrogen (secondary N) is 1. The number of anilines is 1. The first-order chi connectivity index (χ1) is 11.2. The predicted molar refractivity (Wildman–Crippen MR) is 97.6 cm³/mol. The minimum atomic E-state index is -0.0711. The molecule has 0 radical (unpaired) electrons. The van der Waals surface area contributed by atoms with Crippen LogP contribution in [0.25, 0.3) is 0 Å². The summed E-state index contributed by atoms with van der Waals surface area (Å²) in [5.74, 6) is 0.858. The number of carbonyl (C=O) groups is 1. The van der Waals surface area contributed by atoms with Crippen molar-refractivity contribution in [2.24, 2.45) is 0 Å². The molecule has 0 spiro atoms. The third-order valence-electron chi connectivity index (χ3n) is 3.72. The number of aromatic nitrogens is 1. The molecule has 1 aromatic carbocycles. The van der Waals surface area contributed by atoms with Crippen molar-refractivity contribution < 1.29 is 9.53 Å². The Morgan fingerprint density at radius 2 is 1.96 bits per heavy atom. The fourth-order valence-electron chi connectivity index (χ4n) is 2.51. The summed E-state index contributed by atoms with van der Waals surface area (Å²) in [6.07, 6.45) is 1.79. The number of rotatable bonds is 4. The summed E-state index contributed by atoms with van der Waals surface area (Å²) in [6, 6.07) is 11.4. The van der Waals surface area contributed by atoms with E-state index in [0.29, 0.717) is 25.3 Å². The van der Waals surface area contributed by atoms with Crippen molar-refractivity contribution >= 4 is 34.3 Å². The van der Waals surface area contributed by atoms with Gasteiger partial charge in [0.15, 0.2) is 0 Å². The molecule has 120 valence electrons. The van der Waals surface area contributed by atoms with Gasteiger partial charge in [-0.2, -0.15) is 0 Å². The first-order valence-electron chi connectivity index (χ1n) is 7.54. The van der Waals surface area contributed by atoms with Crippen LogP contribution in [0.5, 0.6) is 0 Å². The van der Waals surface area contributed by atoms with E-state index in [1.807, 2.05) is 36.4 Å². The largest absolute Gasteiger partial charge is 0.378 e. The summed E-state index contributed by atoms with van der Waals surface area (Å²) in [6.45, 7) is 3.55. The molecule has 0 bridgehead atoms. The molecule has 6 heteroatoms. The van der Waals surface area contributed by atoms with Gasteiger partial charge in [-0.3, -0.25) is 4.79 Å². The molecular formula is C17H18IN3O2. The van der Waals surface area contributed by atoms with Crippen LogP contribution in [-0.4, -0.2) is 37.2 Å². The van der Waals surface area contributed by atoms with Crippen LogP contribution in [-0.2, 0) is 11.3 Å². The molecule has 2 heterocycles. The lowest BCUT2D eigenvalue weighted by atomic mass is 10.2. The number of pyridine rings is 1. The van der Waals surface area contributed by atoms with E-state index < -0.39 is 0 Å². The van der Waals surface area contributed by atoms with Gasteiger partial charge in [0, 0.05) is 40.5 Å². The van der Waals surface area contributed by atoms with Crippen LogP contribution in [0.4, 0.5) is 5.82 Å². The number of hydrogen-bond donors (Lipinski definition) is 1. The molecule has 1 N–H and O–H groups in total. The van der Waals surface area contributed by atoms with Crippen molar-refractivity contribution in [1.82, 2.24) is 10.3 Å². The maximum atomic E-state index is 12.2. The van der Waals surface area contributed by atoms with Gasteiger partial charge >= 0.3 is 0 Å². The highest BCUT2D eigenvalue weighted by Crippen LogP contribution is 2.18. The maximum Gasteiger partial charge on any atom is 0.251 e. The molecule has 1 saturated heterocycles. The van der Waals surface area contributed by atoms with Gasteiger partial charge < -0.3 is 15.0 Å². The zero-order valence-electron chi connectivity index (χ0n) is 12.7. The molecule has 0 saturated carbocycles. The van der Waals surface area contributed by atoms with Crippen LogP contribution in [0.3, 0.4) is 0 Å². The summed E-state index contributed by atoms with van der Waals surface area (Å²) < 4.78 is 6.50. The van der Waals surface area contributed by atoms with E-state index in [9.17, 15) is 4.79 Å². The Hall–Kier alpha value is -1.67. The Kier molecular flexibility index (Phi) is 5.45. The van der Waals surface area contributed by atoms with Crippen molar-refractivity contribution in [3.8, 4) is 0 Å². The maximum absolute atomic E-state index is 12.2. The summed E-state index contributed by atoms with van der Waals surface area (Å²) in [5, 5.41) is 2.97. The van der Waals surface area contributed by atoms with E-state index in [0.717, 1.165) is 28.0 Å². The molecule has 0 aliphatic carbocycles. The third-order valence-corrected chi connectivity index (χ3v) is 4.44. The number of ether oxygens (including phenoxy) is 1. The fraction of sp³-hybridized carbons (Fsp3) is 0.294. The Balaban J connectivity index is 1.68. The highest BCUT2D eigenvalue weighted by atomic mass is 127. The van der Waals surface area contributed by atoms with Crippen molar-refractivity contribution in [2.45, 2.75) is 6.54 Å². The normalized spacial score (nSPS) is 14.6. The molecule has 1 aliphatic rings. The van der Waals surface area contributed by atoms with E-state index in [2.05, 4.69) is 37.8 Å². The second-order valence-electron chi connectivity index (χ2n) is 5.28. The van der Waals surface area contributed by atoms with Crippen LogP contribution >= 0.6 is 22.6 Å². The van der Waals surface area contributed by atoms with Crippen molar-refractivity contribution in [3.63, 3.8) is 0 Å². The lowest BCUT2D eigenvalue weighted by molar-refractivity contribution is 0.0950. The van der Waals surface area contributed by atoms with Crippen LogP contribution in [0.15, 0.2) is 42.6 Å². The Labute approximate surface area is 149 Å². The molecular weight excluding hydrogens is 405 g/mol. The summed E-state index contributed by atoms with van der Waals surface area (Å²) >= 11 is 2.22. The van der Waals surface area contributed by atoms with Crippen LogP contribution < -0.4 is 10.2 Å². The van der Waals surface area contributed by atoms with E-state index in [4.69, 9.17) is 4.74 Å². The molecule has 1 amide bonds. The molecule has 23 heavy (non-hydrogen) atoms. The molecule has 3 rings (SSSR count). The first-order valence-corrected chi connectivity index (χ1v) is 8.62. The van der Waals surface area contributed by atoms with Gasteiger partial charge in [-0.15, -0.1) is 0 Å². The molecule has 1 fully saturated rings. The predicted octanol–water partition coefficient (Wildman–Crippen LogP) is 2.45. The summed E-state index contributed by atoms with van der Waals surface area (Å²) in [5.41, 5.74) is 1.69. The monoisotopic (exact) mass is 423 g/mol. The number of halogens is 1. The van der Waals surface area contributed by atoms with Gasteiger partial charge in [0.1, 0.15) is 5.82 Å². The minimum absolute atomic E-state index is 0.0711. The van der Waals surface area contributed by atoms with Gasteiger partial charge in [-0.1, -0.05) is 6.07 Å². The second-order valence-corrected chi connectivity index (χ2v) is 6.52. The van der Waals surface area contributed by atoms with Crippen LogP contribution in [0, 0.1) is 3.57 Å². The van der Waals surface area contributed by atoms with Crippen LogP contribution in [0.2, 0.25) is 0 Å². The molecule has 2 aromatic rings. The Morgan fingerprint density at radius 1 is 1.22 bits per heavy atom. The lowest BCUT2D eigenvalue weighted by Crippen LogP contribution is -2.37. The molecule has 1 aliphatic heterocycles. The van der Waals surface area contributed by atoms with Gasteiger partial charge in [-0.05, 0) is 52.9 Å². The number of carbonyl (C=O) groups excluding carboxylic acids is 1. The number of morpholine rings is 1. The molecule has 0 atom stereocenters. The average Bonchev–Trinajstić information content (AvgIpc) is 2.61. The topological polar surface area (TPSA) is 54.5 Å². The SMILES string of the molecule is O=C(NCc1cccnc1N1CCOCC1)c1ccc(I)cc1. The van der Waals surface area contributed by atoms with E-state index in [-0.39, 0.29) is 5.91 Å². The Morgan fingerprint density at radius 3 is 2.70 bits per heavy atom. The fourth-order valence-corrected chi connectivity index (χ4v) is 2.87. The van der Waals surface area contributed by atoms with Gasteiger partial charge in [-0.25, -0.2) is 4.98 Å². The average molecular weight is 423 g/mol. The molecule has 5 nitrogen and oxygen atoms in total. The Bertz CT molecular complexity index is 670. The van der Waals surface area contributed by atoms with Gasteiger partial charge in [0.05, 0.1) is 13.2 Å². The first kappa shape index (κ1) is 16.2. The highest BCUT2D eigenvalue weighted by Gasteiger charge is 2.16. The molecule has 1 aromatic heterocycles. The highest BCUT2D eigenvalue weighted by molar-refractivity contribution is 14.1. The van der Waals surface area contributed by atoms with Crippen molar-refractivity contribution in [1.29, 1.82) is 0 Å². The summed E-state index contributed by atoms with van der Waals surface area (Å²) in [7, 11) is 0. The number of benzene rings is 1. The lowest BCUT2D eigenvalue weighted by Gasteiger charge is -2.29. The second kappa shape index (κ2) is 7.74. The van der Waals surface area contributed by atoms with E-state index >= 15 is 0 Å². The van der Waals surface area contributed by atoms with Gasteiger partial charge in [0.25, 0.3) is 5.91 Å². The van der Waals surface area contributed by atoms with E-state index in [1.54, 1.807) is 6.20 Å². The molecule has 0 unspecified atom stereocenters. The number of nitrogens with zero attached hydrogens (tertiary/aromatic N) is 2. The quantitative estimate of drug-likeness (QED) is 0.768. The van der Waals surface area contributed by atoms with Crippen molar-refractivity contribution in [3.05, 3.63) is 57.3 Å². The minimum Gasteiger partial charge on any atom is -0.378 e. The number of hydrogen-bond acceptors (Lipinski definition) is 4. The van der Waals surface area contributed by atoms with E-state index in [1.165, 1.54) is 0 Å². The summed E-state index contributed by atoms with van der Waals surface area (Å²) in [4.78, 5) is 18.9.